The Bertz CT molecular complexity index is 571. The van der Waals surface area contributed by atoms with E-state index >= 15 is 0 Å². The van der Waals surface area contributed by atoms with Crippen LogP contribution in [0.4, 0.5) is 0 Å². The van der Waals surface area contributed by atoms with Crippen LogP contribution in [0.15, 0.2) is 24.3 Å². The lowest BCUT2D eigenvalue weighted by Crippen LogP contribution is -2.27. The minimum Gasteiger partial charge on any atom is -0.457 e. The molecule has 0 aliphatic rings. The van der Waals surface area contributed by atoms with Crippen LogP contribution in [0.5, 0.6) is 0 Å². The van der Waals surface area contributed by atoms with E-state index in [0.717, 1.165) is 19.3 Å². The molecule has 1 atom stereocenters. The number of hydrogen-bond acceptors (Lipinski definition) is 4. The van der Waals surface area contributed by atoms with Crippen molar-refractivity contribution >= 4 is 5.97 Å². The maximum absolute atomic E-state index is 12.1. The zero-order valence-corrected chi connectivity index (χ0v) is 27.6. The van der Waals surface area contributed by atoms with Crippen molar-refractivity contribution in [3.05, 3.63) is 24.3 Å². The van der Waals surface area contributed by atoms with Crippen molar-refractivity contribution in [2.24, 2.45) is 0 Å². The highest BCUT2D eigenvalue weighted by Gasteiger charge is 2.13. The second kappa shape index (κ2) is 35.1. The molecule has 4 nitrogen and oxygen atoms in total. The first-order valence-corrected chi connectivity index (χ1v) is 17.9. The van der Waals surface area contributed by atoms with Gasteiger partial charge < -0.3 is 14.6 Å². The summed E-state index contributed by atoms with van der Waals surface area (Å²) in [4.78, 5) is 12.1. The summed E-state index contributed by atoms with van der Waals surface area (Å²) in [5, 5.41) is 9.53. The van der Waals surface area contributed by atoms with Crippen LogP contribution < -0.4 is 0 Å². The number of hydrogen-bond donors (Lipinski definition) is 1. The van der Waals surface area contributed by atoms with Crippen molar-refractivity contribution in [1.29, 1.82) is 0 Å². The first-order chi connectivity index (χ1) is 20.2. The van der Waals surface area contributed by atoms with Crippen molar-refractivity contribution in [3.8, 4) is 0 Å². The van der Waals surface area contributed by atoms with Gasteiger partial charge in [0.1, 0.15) is 6.10 Å². The Hall–Kier alpha value is -1.13. The molecule has 0 spiro atoms. The average molecular weight is 579 g/mol. The first kappa shape index (κ1) is 39.9. The summed E-state index contributed by atoms with van der Waals surface area (Å²) in [5.74, 6) is -0.208. The van der Waals surface area contributed by atoms with Crippen molar-refractivity contribution < 1.29 is 19.4 Å². The molecule has 1 unspecified atom stereocenters. The minimum atomic E-state index is -0.535. The smallest absolute Gasteiger partial charge is 0.306 e. The van der Waals surface area contributed by atoms with E-state index in [1.807, 2.05) is 0 Å². The quantitative estimate of drug-likeness (QED) is 0.0478. The molecule has 242 valence electrons. The van der Waals surface area contributed by atoms with Crippen LogP contribution in [0.25, 0.3) is 0 Å². The molecule has 41 heavy (non-hydrogen) atoms. The molecule has 0 radical (unpaired) electrons. The van der Waals surface area contributed by atoms with Gasteiger partial charge in [0.25, 0.3) is 0 Å². The maximum Gasteiger partial charge on any atom is 0.306 e. The van der Waals surface area contributed by atoms with Crippen LogP contribution in [-0.2, 0) is 14.3 Å². The van der Waals surface area contributed by atoms with Crippen LogP contribution >= 0.6 is 0 Å². The third kappa shape index (κ3) is 33.2. The Morgan fingerprint density at radius 2 is 0.976 bits per heavy atom. The molecule has 0 saturated heterocycles. The zero-order valence-electron chi connectivity index (χ0n) is 27.6. The molecule has 0 fully saturated rings. The van der Waals surface area contributed by atoms with Gasteiger partial charge in [-0.3, -0.25) is 4.79 Å². The Morgan fingerprint density at radius 1 is 0.561 bits per heavy atom. The van der Waals surface area contributed by atoms with E-state index in [2.05, 4.69) is 38.2 Å². The fraction of sp³-hybridized carbons (Fsp3) is 0.865. The van der Waals surface area contributed by atoms with Crippen LogP contribution in [0.1, 0.15) is 181 Å². The van der Waals surface area contributed by atoms with Gasteiger partial charge >= 0.3 is 5.97 Å². The summed E-state index contributed by atoms with van der Waals surface area (Å²) < 4.78 is 11.1. The van der Waals surface area contributed by atoms with Gasteiger partial charge in [-0.05, 0) is 57.8 Å². The highest BCUT2D eigenvalue weighted by Crippen LogP contribution is 2.12. The third-order valence-electron chi connectivity index (χ3n) is 7.75. The van der Waals surface area contributed by atoms with E-state index in [9.17, 15) is 9.90 Å². The molecule has 0 aromatic carbocycles. The molecule has 0 aliphatic carbocycles. The van der Waals surface area contributed by atoms with Crippen molar-refractivity contribution in [1.82, 2.24) is 0 Å². The number of ether oxygens (including phenoxy) is 2. The average Bonchev–Trinajstić information content (AvgIpc) is 2.98. The summed E-state index contributed by atoms with van der Waals surface area (Å²) in [6.07, 6.45) is 40.7. The van der Waals surface area contributed by atoms with E-state index in [4.69, 9.17) is 9.47 Å². The van der Waals surface area contributed by atoms with Crippen LogP contribution in [0.2, 0.25) is 0 Å². The number of carbonyl (C=O) groups excluding carboxylic acids is 1. The van der Waals surface area contributed by atoms with Gasteiger partial charge in [0.15, 0.2) is 0 Å². The number of unbranched alkanes of at least 4 members (excludes halogenated alkanes) is 21. The topological polar surface area (TPSA) is 55.8 Å². The van der Waals surface area contributed by atoms with E-state index < -0.39 is 6.10 Å². The fourth-order valence-electron chi connectivity index (χ4n) is 5.01. The largest absolute Gasteiger partial charge is 0.457 e. The summed E-state index contributed by atoms with van der Waals surface area (Å²) in [5.41, 5.74) is 0. The molecule has 0 aromatic heterocycles. The van der Waals surface area contributed by atoms with Gasteiger partial charge in [0.05, 0.1) is 13.2 Å². The van der Waals surface area contributed by atoms with Crippen LogP contribution in [-0.4, -0.2) is 37.0 Å². The van der Waals surface area contributed by atoms with Crippen molar-refractivity contribution in [2.45, 2.75) is 187 Å². The molecule has 0 heterocycles. The van der Waals surface area contributed by atoms with E-state index in [-0.39, 0.29) is 12.6 Å². The van der Waals surface area contributed by atoms with Crippen molar-refractivity contribution in [3.63, 3.8) is 0 Å². The number of aliphatic hydroxyl groups excluding tert-OH is 1. The SMILES string of the molecule is CCCC/C=C\CCCCCCCCOCC(CO)OC(=O)CCCCCCCCC/C=C\CCCCCCCC. The summed E-state index contributed by atoms with van der Waals surface area (Å²) in [6.45, 7) is 5.30. The van der Waals surface area contributed by atoms with Gasteiger partial charge in [-0.1, -0.05) is 141 Å². The van der Waals surface area contributed by atoms with Crippen LogP contribution in [0, 0.1) is 0 Å². The highest BCUT2D eigenvalue weighted by atomic mass is 16.6. The van der Waals surface area contributed by atoms with Gasteiger partial charge in [0, 0.05) is 13.0 Å². The Balaban J connectivity index is 3.44. The number of esters is 1. The molecular weight excluding hydrogens is 508 g/mol. The molecule has 0 saturated carbocycles. The monoisotopic (exact) mass is 579 g/mol. The molecule has 0 amide bonds. The number of aliphatic hydroxyl groups is 1. The molecule has 0 aromatic rings. The summed E-state index contributed by atoms with van der Waals surface area (Å²) >= 11 is 0. The number of carbonyl (C=O) groups is 1. The first-order valence-electron chi connectivity index (χ1n) is 17.9. The predicted octanol–water partition coefficient (Wildman–Crippen LogP) is 11.2. The van der Waals surface area contributed by atoms with E-state index in [0.29, 0.717) is 19.6 Å². The van der Waals surface area contributed by atoms with E-state index in [1.54, 1.807) is 0 Å². The molecular formula is C37H70O4. The van der Waals surface area contributed by atoms with Gasteiger partial charge in [-0.25, -0.2) is 0 Å². The Labute approximate surface area is 256 Å². The number of allylic oxidation sites excluding steroid dienone is 4. The predicted molar refractivity (Wildman–Crippen MR) is 177 cm³/mol. The summed E-state index contributed by atoms with van der Waals surface area (Å²) in [6, 6.07) is 0. The highest BCUT2D eigenvalue weighted by molar-refractivity contribution is 5.69. The lowest BCUT2D eigenvalue weighted by molar-refractivity contribution is -0.154. The molecule has 0 bridgehead atoms. The third-order valence-corrected chi connectivity index (χ3v) is 7.75. The van der Waals surface area contributed by atoms with E-state index in [1.165, 1.54) is 141 Å². The lowest BCUT2D eigenvalue weighted by atomic mass is 10.1. The van der Waals surface area contributed by atoms with Crippen LogP contribution in [0.3, 0.4) is 0 Å². The molecule has 0 aliphatic heterocycles. The standard InChI is InChI=1S/C37H70O4/c1-3-5-7-9-11-13-15-17-18-19-20-21-22-24-26-28-30-32-37(39)41-36(34-38)35-40-33-31-29-27-25-23-16-14-12-10-8-6-4-2/h10,12,17-18,36,38H,3-9,11,13-16,19-35H2,1-2H3/b12-10-,18-17-. The van der Waals surface area contributed by atoms with Gasteiger partial charge in [0.2, 0.25) is 0 Å². The Morgan fingerprint density at radius 3 is 1.46 bits per heavy atom. The Kier molecular flexibility index (Phi) is 34.1. The summed E-state index contributed by atoms with van der Waals surface area (Å²) in [7, 11) is 0. The second-order valence-electron chi connectivity index (χ2n) is 11.9. The molecule has 1 N–H and O–H groups in total. The number of rotatable bonds is 33. The second-order valence-corrected chi connectivity index (χ2v) is 11.9. The van der Waals surface area contributed by atoms with Crippen molar-refractivity contribution in [2.75, 3.05) is 19.8 Å². The molecule has 0 rings (SSSR count). The fourth-order valence-corrected chi connectivity index (χ4v) is 5.01. The maximum atomic E-state index is 12.1. The van der Waals surface area contributed by atoms with Gasteiger partial charge in [-0.2, -0.15) is 0 Å². The molecule has 4 heteroatoms. The van der Waals surface area contributed by atoms with Gasteiger partial charge in [-0.15, -0.1) is 0 Å². The zero-order chi connectivity index (χ0) is 29.9. The minimum absolute atomic E-state index is 0.174. The lowest BCUT2D eigenvalue weighted by Gasteiger charge is -2.15. The normalized spacial score (nSPS) is 12.6.